The van der Waals surface area contributed by atoms with E-state index in [4.69, 9.17) is 10.3 Å². The molecular formula is C15H23N3O3. The van der Waals surface area contributed by atoms with Crippen LogP contribution in [0.15, 0.2) is 35.4 Å². The van der Waals surface area contributed by atoms with Crippen molar-refractivity contribution >= 4 is 0 Å². The molecule has 116 valence electrons. The van der Waals surface area contributed by atoms with Gasteiger partial charge in [-0.3, -0.25) is 0 Å². The lowest BCUT2D eigenvalue weighted by atomic mass is 9.86. The molecule has 0 saturated carbocycles. The Balaban J connectivity index is 2.43. The van der Waals surface area contributed by atoms with Gasteiger partial charge in [-0.1, -0.05) is 49.3 Å². The second kappa shape index (κ2) is 9.37. The smallest absolute Gasteiger partial charge is 0.0801 e. The molecule has 0 aliphatic rings. The molecule has 4 atom stereocenters. The third-order valence-electron chi connectivity index (χ3n) is 3.83. The Morgan fingerprint density at radius 2 is 1.90 bits per heavy atom. The lowest BCUT2D eigenvalue weighted by Crippen LogP contribution is -2.35. The van der Waals surface area contributed by atoms with Crippen molar-refractivity contribution in [3.8, 4) is 0 Å². The number of ether oxygens (including phenoxy) is 1. The van der Waals surface area contributed by atoms with Gasteiger partial charge in [-0.2, -0.15) is 0 Å². The molecule has 6 nitrogen and oxygen atoms in total. The van der Waals surface area contributed by atoms with Crippen LogP contribution in [0.1, 0.15) is 19.4 Å². The van der Waals surface area contributed by atoms with Crippen LogP contribution < -0.4 is 0 Å². The highest BCUT2D eigenvalue weighted by Crippen LogP contribution is 2.22. The van der Waals surface area contributed by atoms with E-state index in [0.717, 1.165) is 5.56 Å². The van der Waals surface area contributed by atoms with Crippen molar-refractivity contribution in [1.82, 2.24) is 0 Å². The Morgan fingerprint density at radius 1 is 1.24 bits per heavy atom. The Hall–Kier alpha value is -1.59. The molecule has 21 heavy (non-hydrogen) atoms. The van der Waals surface area contributed by atoms with Crippen LogP contribution in [0.2, 0.25) is 0 Å². The predicted molar refractivity (Wildman–Crippen MR) is 80.5 cm³/mol. The van der Waals surface area contributed by atoms with Gasteiger partial charge in [-0.15, -0.1) is 0 Å². The van der Waals surface area contributed by atoms with Gasteiger partial charge in [0, 0.05) is 4.91 Å². The molecule has 0 fully saturated rings. The van der Waals surface area contributed by atoms with Crippen molar-refractivity contribution < 1.29 is 14.9 Å². The van der Waals surface area contributed by atoms with Crippen LogP contribution >= 0.6 is 0 Å². The van der Waals surface area contributed by atoms with Gasteiger partial charge in [0.15, 0.2) is 0 Å². The van der Waals surface area contributed by atoms with Crippen molar-refractivity contribution in [2.75, 3.05) is 13.2 Å². The Labute approximate surface area is 125 Å². The number of nitrogens with zero attached hydrogens (tertiary/aromatic N) is 3. The average Bonchev–Trinajstić information content (AvgIpc) is 2.52. The molecule has 1 aromatic rings. The molecule has 0 amide bonds. The van der Waals surface area contributed by atoms with Gasteiger partial charge in [0.05, 0.1) is 32.0 Å². The summed E-state index contributed by atoms with van der Waals surface area (Å²) in [4.78, 5) is 2.72. The standard InChI is InChI=1S/C15H23N3O3/c1-11(14(8-19)17-18-16)12(2)15(20)10-21-9-13-6-4-3-5-7-13/h3-7,11-12,14-15,19-20H,8-10H2,1-2H3. The Bertz CT molecular complexity index is 449. The fourth-order valence-corrected chi connectivity index (χ4v) is 2.10. The van der Waals surface area contributed by atoms with E-state index in [9.17, 15) is 10.2 Å². The minimum absolute atomic E-state index is 0.138. The fraction of sp³-hybridized carbons (Fsp3) is 0.600. The molecule has 0 saturated heterocycles. The highest BCUT2D eigenvalue weighted by Gasteiger charge is 2.26. The van der Waals surface area contributed by atoms with Gasteiger partial charge >= 0.3 is 0 Å². The van der Waals surface area contributed by atoms with E-state index in [0.29, 0.717) is 6.61 Å². The number of rotatable bonds is 9. The van der Waals surface area contributed by atoms with Crippen LogP contribution in [0.4, 0.5) is 0 Å². The number of aliphatic hydroxyl groups is 2. The summed E-state index contributed by atoms with van der Waals surface area (Å²) >= 11 is 0. The lowest BCUT2D eigenvalue weighted by molar-refractivity contribution is -0.0153. The van der Waals surface area contributed by atoms with Gasteiger partial charge in [-0.05, 0) is 22.9 Å². The number of hydrogen-bond donors (Lipinski definition) is 2. The minimum Gasteiger partial charge on any atom is -0.396 e. The quantitative estimate of drug-likeness (QED) is 0.415. The first-order chi connectivity index (χ1) is 10.1. The monoisotopic (exact) mass is 293 g/mol. The fourth-order valence-electron chi connectivity index (χ4n) is 2.10. The molecule has 6 heteroatoms. The first-order valence-electron chi connectivity index (χ1n) is 7.05. The van der Waals surface area contributed by atoms with E-state index in [1.807, 2.05) is 44.2 Å². The summed E-state index contributed by atoms with van der Waals surface area (Å²) in [5, 5.41) is 22.9. The third-order valence-corrected chi connectivity index (χ3v) is 3.83. The summed E-state index contributed by atoms with van der Waals surface area (Å²) in [7, 11) is 0. The summed E-state index contributed by atoms with van der Waals surface area (Å²) in [5.74, 6) is -0.287. The first kappa shape index (κ1) is 17.5. The molecule has 4 unspecified atom stereocenters. The maximum Gasteiger partial charge on any atom is 0.0801 e. The van der Waals surface area contributed by atoms with Crippen LogP contribution in [0.3, 0.4) is 0 Å². The number of benzene rings is 1. The van der Waals surface area contributed by atoms with Gasteiger partial charge in [0.25, 0.3) is 0 Å². The lowest BCUT2D eigenvalue weighted by Gasteiger charge is -2.28. The zero-order chi connectivity index (χ0) is 15.7. The molecular weight excluding hydrogens is 270 g/mol. The summed E-state index contributed by atoms with van der Waals surface area (Å²) in [5.41, 5.74) is 9.51. The van der Waals surface area contributed by atoms with Crippen molar-refractivity contribution in [1.29, 1.82) is 0 Å². The number of hydrogen-bond acceptors (Lipinski definition) is 4. The van der Waals surface area contributed by atoms with Crippen LogP contribution in [0.25, 0.3) is 10.4 Å². The molecule has 2 N–H and O–H groups in total. The van der Waals surface area contributed by atoms with Crippen molar-refractivity contribution in [2.45, 2.75) is 32.6 Å². The maximum absolute atomic E-state index is 10.1. The highest BCUT2D eigenvalue weighted by molar-refractivity contribution is 5.13. The number of aliphatic hydroxyl groups excluding tert-OH is 2. The molecule has 0 aliphatic carbocycles. The molecule has 1 aromatic carbocycles. The summed E-state index contributed by atoms with van der Waals surface area (Å²) in [6.45, 7) is 4.12. The largest absolute Gasteiger partial charge is 0.396 e. The number of azide groups is 1. The Kier molecular flexibility index (Phi) is 7.79. The molecule has 0 heterocycles. The molecule has 0 aliphatic heterocycles. The van der Waals surface area contributed by atoms with Crippen LogP contribution in [0, 0.1) is 11.8 Å². The molecule has 1 rings (SSSR count). The van der Waals surface area contributed by atoms with E-state index in [2.05, 4.69) is 10.0 Å². The van der Waals surface area contributed by atoms with Gasteiger partial charge in [0.1, 0.15) is 0 Å². The molecule has 0 aromatic heterocycles. The van der Waals surface area contributed by atoms with E-state index in [-0.39, 0.29) is 25.0 Å². The highest BCUT2D eigenvalue weighted by atomic mass is 16.5. The third kappa shape index (κ3) is 5.73. The zero-order valence-electron chi connectivity index (χ0n) is 12.5. The van der Waals surface area contributed by atoms with E-state index in [1.54, 1.807) is 0 Å². The second-order valence-electron chi connectivity index (χ2n) is 5.24. The maximum atomic E-state index is 10.1. The summed E-state index contributed by atoms with van der Waals surface area (Å²) < 4.78 is 5.51. The normalized spacial score (nSPS) is 16.6. The van der Waals surface area contributed by atoms with Gasteiger partial charge in [-0.25, -0.2) is 0 Å². The first-order valence-corrected chi connectivity index (χ1v) is 7.05. The van der Waals surface area contributed by atoms with Crippen molar-refractivity contribution in [2.24, 2.45) is 17.0 Å². The van der Waals surface area contributed by atoms with E-state index < -0.39 is 12.1 Å². The minimum atomic E-state index is -0.674. The van der Waals surface area contributed by atoms with Crippen molar-refractivity contribution in [3.63, 3.8) is 0 Å². The van der Waals surface area contributed by atoms with Crippen LogP contribution in [-0.2, 0) is 11.3 Å². The molecule has 0 radical (unpaired) electrons. The van der Waals surface area contributed by atoms with E-state index >= 15 is 0 Å². The van der Waals surface area contributed by atoms with Gasteiger partial charge < -0.3 is 14.9 Å². The topological polar surface area (TPSA) is 98.5 Å². The SMILES string of the molecule is CC(C(O)COCc1ccccc1)C(C)C(CO)N=[N+]=[N-]. The zero-order valence-corrected chi connectivity index (χ0v) is 12.5. The van der Waals surface area contributed by atoms with Crippen LogP contribution in [0.5, 0.6) is 0 Å². The predicted octanol–water partition coefficient (Wildman–Crippen LogP) is 2.51. The van der Waals surface area contributed by atoms with Crippen LogP contribution in [-0.4, -0.2) is 35.6 Å². The molecule has 0 bridgehead atoms. The second-order valence-corrected chi connectivity index (χ2v) is 5.24. The summed E-state index contributed by atoms with van der Waals surface area (Å²) in [6, 6.07) is 9.20. The van der Waals surface area contributed by atoms with E-state index in [1.165, 1.54) is 0 Å². The molecule has 0 spiro atoms. The van der Waals surface area contributed by atoms with Gasteiger partial charge in [0.2, 0.25) is 0 Å². The Morgan fingerprint density at radius 3 is 2.48 bits per heavy atom. The summed E-state index contributed by atoms with van der Waals surface area (Å²) in [6.07, 6.45) is -0.674. The average molecular weight is 293 g/mol. The van der Waals surface area contributed by atoms with Crippen molar-refractivity contribution in [3.05, 3.63) is 46.3 Å².